The third-order valence-electron chi connectivity index (χ3n) is 3.98. The second kappa shape index (κ2) is 6.59. The molecule has 2 aromatic rings. The number of hydrogen-bond donors (Lipinski definition) is 1. The highest BCUT2D eigenvalue weighted by Gasteiger charge is 2.16. The zero-order valence-electron chi connectivity index (χ0n) is 11.8. The van der Waals surface area contributed by atoms with E-state index in [1.54, 1.807) is 0 Å². The first kappa shape index (κ1) is 13.9. The van der Waals surface area contributed by atoms with E-state index in [1.807, 2.05) is 12.1 Å². The minimum absolute atomic E-state index is 0.217. The summed E-state index contributed by atoms with van der Waals surface area (Å²) in [6.45, 7) is 0. The van der Waals surface area contributed by atoms with Crippen molar-refractivity contribution in [2.45, 2.75) is 43.4 Å². The molecule has 1 aliphatic carbocycles. The highest BCUT2D eigenvalue weighted by Crippen LogP contribution is 2.29. The summed E-state index contributed by atoms with van der Waals surface area (Å²) < 4.78 is 0. The van der Waals surface area contributed by atoms with Crippen molar-refractivity contribution < 1.29 is 0 Å². The quantitative estimate of drug-likeness (QED) is 0.909. The van der Waals surface area contributed by atoms with E-state index in [0.29, 0.717) is 0 Å². The van der Waals surface area contributed by atoms with Gasteiger partial charge in [-0.2, -0.15) is 11.8 Å². The summed E-state index contributed by atoms with van der Waals surface area (Å²) >= 11 is 2.06. The van der Waals surface area contributed by atoms with Gasteiger partial charge in [0, 0.05) is 34.5 Å². The molecule has 0 saturated heterocycles. The molecule has 3 heteroatoms. The first-order valence-electron chi connectivity index (χ1n) is 7.53. The number of aromatic nitrogens is 1. The van der Waals surface area contributed by atoms with Gasteiger partial charge in [0.1, 0.15) is 0 Å². The lowest BCUT2D eigenvalue weighted by Gasteiger charge is -2.14. The van der Waals surface area contributed by atoms with Gasteiger partial charge in [-0.05, 0) is 25.0 Å². The summed E-state index contributed by atoms with van der Waals surface area (Å²) in [7, 11) is 0. The van der Waals surface area contributed by atoms with Gasteiger partial charge in [0.15, 0.2) is 0 Å². The molecule has 0 amide bonds. The zero-order valence-corrected chi connectivity index (χ0v) is 12.6. The van der Waals surface area contributed by atoms with Gasteiger partial charge in [-0.3, -0.25) is 4.98 Å². The van der Waals surface area contributed by atoms with Crippen LogP contribution in [0.4, 0.5) is 0 Å². The Morgan fingerprint density at radius 1 is 1.15 bits per heavy atom. The van der Waals surface area contributed by atoms with Crippen LogP contribution >= 0.6 is 11.8 Å². The zero-order chi connectivity index (χ0) is 13.8. The second-order valence-corrected chi connectivity index (χ2v) is 7.03. The SMILES string of the molecule is NC(CSC1CCCC1)Cc1ccc2ccccc2n1. The first-order valence-corrected chi connectivity index (χ1v) is 8.58. The minimum Gasteiger partial charge on any atom is -0.327 e. The number of thioether (sulfide) groups is 1. The van der Waals surface area contributed by atoms with Crippen LogP contribution in [0.3, 0.4) is 0 Å². The summed E-state index contributed by atoms with van der Waals surface area (Å²) in [5, 5.41) is 2.05. The third kappa shape index (κ3) is 3.53. The Hall–Kier alpha value is -1.06. The molecule has 2 N–H and O–H groups in total. The molecule has 1 atom stereocenters. The fraction of sp³-hybridized carbons (Fsp3) is 0.471. The number of pyridine rings is 1. The third-order valence-corrected chi connectivity index (χ3v) is 5.54. The monoisotopic (exact) mass is 286 g/mol. The highest BCUT2D eigenvalue weighted by atomic mass is 32.2. The molecule has 1 heterocycles. The van der Waals surface area contributed by atoms with Crippen LogP contribution in [-0.4, -0.2) is 22.0 Å². The number of rotatable bonds is 5. The molecule has 0 bridgehead atoms. The van der Waals surface area contributed by atoms with Gasteiger partial charge in [0.05, 0.1) is 5.52 Å². The number of hydrogen-bond acceptors (Lipinski definition) is 3. The van der Waals surface area contributed by atoms with Gasteiger partial charge < -0.3 is 5.73 Å². The molecule has 106 valence electrons. The van der Waals surface area contributed by atoms with Crippen LogP contribution in [0.1, 0.15) is 31.4 Å². The smallest absolute Gasteiger partial charge is 0.0705 e. The van der Waals surface area contributed by atoms with Gasteiger partial charge >= 0.3 is 0 Å². The Morgan fingerprint density at radius 2 is 1.95 bits per heavy atom. The van der Waals surface area contributed by atoms with Crippen molar-refractivity contribution in [3.8, 4) is 0 Å². The van der Waals surface area contributed by atoms with Crippen molar-refractivity contribution in [3.63, 3.8) is 0 Å². The van der Waals surface area contributed by atoms with Gasteiger partial charge in [0.2, 0.25) is 0 Å². The number of fused-ring (bicyclic) bond motifs is 1. The Labute approximate surface area is 125 Å². The molecule has 1 aromatic carbocycles. The average molecular weight is 286 g/mol. The Kier molecular flexibility index (Phi) is 4.58. The van der Waals surface area contributed by atoms with E-state index in [9.17, 15) is 0 Å². The van der Waals surface area contributed by atoms with Crippen molar-refractivity contribution in [1.29, 1.82) is 0 Å². The van der Waals surface area contributed by atoms with Crippen LogP contribution in [0.15, 0.2) is 36.4 Å². The largest absolute Gasteiger partial charge is 0.327 e. The molecule has 1 aliphatic rings. The van der Waals surface area contributed by atoms with Gasteiger partial charge in [-0.15, -0.1) is 0 Å². The van der Waals surface area contributed by atoms with E-state index < -0.39 is 0 Å². The molecule has 1 saturated carbocycles. The maximum Gasteiger partial charge on any atom is 0.0705 e. The second-order valence-electron chi connectivity index (χ2n) is 5.70. The molecule has 0 radical (unpaired) electrons. The van der Waals surface area contributed by atoms with Crippen molar-refractivity contribution in [2.24, 2.45) is 5.73 Å². The van der Waals surface area contributed by atoms with E-state index in [1.165, 1.54) is 31.1 Å². The molecule has 0 aliphatic heterocycles. The van der Waals surface area contributed by atoms with Crippen LogP contribution < -0.4 is 5.73 Å². The molecule has 1 aromatic heterocycles. The molecule has 0 spiro atoms. The molecule has 2 nitrogen and oxygen atoms in total. The maximum absolute atomic E-state index is 6.27. The molecule has 20 heavy (non-hydrogen) atoms. The normalized spacial score (nSPS) is 17.6. The average Bonchev–Trinajstić information content (AvgIpc) is 2.98. The lowest BCUT2D eigenvalue weighted by atomic mass is 10.1. The Balaban J connectivity index is 1.57. The molecule has 1 fully saturated rings. The lowest BCUT2D eigenvalue weighted by Crippen LogP contribution is -2.27. The van der Waals surface area contributed by atoms with Gasteiger partial charge in [0.25, 0.3) is 0 Å². The molecule has 1 unspecified atom stereocenters. The highest BCUT2D eigenvalue weighted by molar-refractivity contribution is 7.99. The van der Waals surface area contributed by atoms with Crippen molar-refractivity contribution in [2.75, 3.05) is 5.75 Å². The summed E-state index contributed by atoms with van der Waals surface area (Å²) in [4.78, 5) is 4.71. The number of nitrogens with two attached hydrogens (primary N) is 1. The van der Waals surface area contributed by atoms with E-state index in [4.69, 9.17) is 10.7 Å². The standard InChI is InChI=1S/C17H22N2S/c18-14(12-20-16-6-2-3-7-16)11-15-10-9-13-5-1-4-8-17(13)19-15/h1,4-5,8-10,14,16H,2-3,6-7,11-12,18H2. The number of benzene rings is 1. The van der Waals surface area contributed by atoms with Crippen LogP contribution in [-0.2, 0) is 6.42 Å². The van der Waals surface area contributed by atoms with Crippen LogP contribution in [0.5, 0.6) is 0 Å². The predicted molar refractivity (Wildman–Crippen MR) is 88.1 cm³/mol. The fourth-order valence-electron chi connectivity index (χ4n) is 2.86. The predicted octanol–water partition coefficient (Wildman–Crippen LogP) is 3.78. The minimum atomic E-state index is 0.217. The van der Waals surface area contributed by atoms with Crippen LogP contribution in [0, 0.1) is 0 Å². The fourth-order valence-corrected chi connectivity index (χ4v) is 4.17. The van der Waals surface area contributed by atoms with E-state index in [-0.39, 0.29) is 6.04 Å². The molecular formula is C17H22N2S. The summed E-state index contributed by atoms with van der Waals surface area (Å²) in [6, 6.07) is 12.7. The maximum atomic E-state index is 6.27. The number of nitrogens with zero attached hydrogens (tertiary/aromatic N) is 1. The summed E-state index contributed by atoms with van der Waals surface area (Å²) in [6.07, 6.45) is 6.44. The van der Waals surface area contributed by atoms with E-state index in [0.717, 1.165) is 28.6 Å². The lowest BCUT2D eigenvalue weighted by molar-refractivity contribution is 0.731. The summed E-state index contributed by atoms with van der Waals surface area (Å²) in [5.41, 5.74) is 8.45. The van der Waals surface area contributed by atoms with Gasteiger partial charge in [-0.1, -0.05) is 37.1 Å². The van der Waals surface area contributed by atoms with E-state index >= 15 is 0 Å². The van der Waals surface area contributed by atoms with E-state index in [2.05, 4.69) is 36.0 Å². The van der Waals surface area contributed by atoms with Crippen LogP contribution in [0.2, 0.25) is 0 Å². The Bertz CT molecular complexity index is 564. The number of para-hydroxylation sites is 1. The summed E-state index contributed by atoms with van der Waals surface area (Å²) in [5.74, 6) is 1.05. The van der Waals surface area contributed by atoms with Crippen LogP contribution in [0.25, 0.3) is 10.9 Å². The van der Waals surface area contributed by atoms with Crippen molar-refractivity contribution in [1.82, 2.24) is 4.98 Å². The van der Waals surface area contributed by atoms with Gasteiger partial charge in [-0.25, -0.2) is 0 Å². The van der Waals surface area contributed by atoms with Crippen molar-refractivity contribution in [3.05, 3.63) is 42.1 Å². The Morgan fingerprint density at radius 3 is 2.80 bits per heavy atom. The molecule has 3 rings (SSSR count). The first-order chi connectivity index (χ1) is 9.81. The topological polar surface area (TPSA) is 38.9 Å². The molecular weight excluding hydrogens is 264 g/mol. The van der Waals surface area contributed by atoms with Crippen molar-refractivity contribution >= 4 is 22.7 Å².